The van der Waals surface area contributed by atoms with Crippen molar-refractivity contribution in [2.24, 2.45) is 0 Å². The lowest BCUT2D eigenvalue weighted by molar-refractivity contribution is 0.670. The molecule has 11 heteroatoms. The molecule has 0 aliphatic rings. The van der Waals surface area contributed by atoms with Gasteiger partial charge in [-0.15, -0.1) is 0 Å². The molecule has 86 heavy (non-hydrogen) atoms. The Hall–Kier alpha value is -12.0. The van der Waals surface area contributed by atoms with Gasteiger partial charge in [-0.2, -0.15) is 0 Å². The molecule has 5 aromatic heterocycles. The molecular formula is C75H46N10O. The summed E-state index contributed by atoms with van der Waals surface area (Å²) in [6, 6.07) is 94.3. The van der Waals surface area contributed by atoms with E-state index in [1.54, 1.807) is 0 Å². The number of benzene rings is 11. The molecule has 402 valence electrons. The molecule has 16 aromatic rings. The lowest BCUT2D eigenvalue weighted by Gasteiger charge is -2.17. The van der Waals surface area contributed by atoms with Crippen LogP contribution in [0.3, 0.4) is 0 Å². The Labute approximate surface area is 493 Å². The summed E-state index contributed by atoms with van der Waals surface area (Å²) in [5, 5.41) is 4.06. The Balaban J connectivity index is 0.995. The van der Waals surface area contributed by atoms with E-state index in [0.717, 1.165) is 111 Å². The Morgan fingerprint density at radius 2 is 0.558 bits per heavy atom. The second-order valence-electron chi connectivity index (χ2n) is 20.9. The number of furan rings is 1. The third-order valence-corrected chi connectivity index (χ3v) is 15.6. The number of rotatable bonds is 11. The molecule has 0 saturated heterocycles. The van der Waals surface area contributed by atoms with Crippen molar-refractivity contribution in [3.63, 3.8) is 0 Å². The molecule has 11 nitrogen and oxygen atoms in total. The zero-order valence-corrected chi connectivity index (χ0v) is 45.9. The van der Waals surface area contributed by atoms with Gasteiger partial charge < -0.3 is 8.98 Å². The molecule has 0 spiro atoms. The Bertz CT molecular complexity index is 4860. The number of nitrogens with zero attached hydrogens (tertiary/aromatic N) is 10. The first-order valence-electron chi connectivity index (χ1n) is 28.4. The van der Waals surface area contributed by atoms with Gasteiger partial charge in [0.2, 0.25) is 0 Å². The summed E-state index contributed by atoms with van der Waals surface area (Å²) in [5.41, 5.74) is 13.6. The molecule has 0 unspecified atom stereocenters. The van der Waals surface area contributed by atoms with E-state index in [1.165, 1.54) is 0 Å². The first-order valence-corrected chi connectivity index (χ1v) is 28.4. The van der Waals surface area contributed by atoms with Gasteiger partial charge in [-0.3, -0.25) is 0 Å². The van der Waals surface area contributed by atoms with E-state index in [0.29, 0.717) is 52.4 Å². The molecule has 0 saturated carbocycles. The van der Waals surface area contributed by atoms with Crippen molar-refractivity contribution in [3.05, 3.63) is 279 Å². The highest BCUT2D eigenvalue weighted by molar-refractivity contribution is 6.12. The highest BCUT2D eigenvalue weighted by Crippen LogP contribution is 2.43. The minimum Gasteiger partial charge on any atom is -0.455 e. The van der Waals surface area contributed by atoms with Crippen LogP contribution >= 0.6 is 0 Å². The summed E-state index contributed by atoms with van der Waals surface area (Å²) in [6.45, 7) is 0. The van der Waals surface area contributed by atoms with Crippen molar-refractivity contribution in [2.75, 3.05) is 0 Å². The number of hydrogen-bond donors (Lipinski definition) is 0. The van der Waals surface area contributed by atoms with Gasteiger partial charge in [0.1, 0.15) is 11.2 Å². The van der Waals surface area contributed by atoms with Gasteiger partial charge in [0.15, 0.2) is 52.4 Å². The van der Waals surface area contributed by atoms with Gasteiger partial charge in [-0.05, 0) is 35.9 Å². The maximum absolute atomic E-state index is 6.73. The van der Waals surface area contributed by atoms with Crippen LogP contribution in [0, 0.1) is 0 Å². The fourth-order valence-corrected chi connectivity index (χ4v) is 11.4. The van der Waals surface area contributed by atoms with Crippen LogP contribution in [-0.4, -0.2) is 49.4 Å². The fourth-order valence-electron chi connectivity index (χ4n) is 11.4. The monoisotopic (exact) mass is 1100 g/mol. The SMILES string of the molecule is c1ccc(-c2nc(-c3ccccc3)nc(-c3ccc4c5ccc(-c6nc(-c7ccccc7)nc(-c7ccccc7)n6)cc5n(-c5ccc(-c6cccc7c6oc6ccccc67)cc5-c5nc(-c6ccccc6)nc(-c6ccccc6)n5)c4c3)n2)cc1. The topological polar surface area (TPSA) is 134 Å². The molecule has 0 radical (unpaired) electrons. The summed E-state index contributed by atoms with van der Waals surface area (Å²) >= 11 is 0. The van der Waals surface area contributed by atoms with Crippen LogP contribution < -0.4 is 0 Å². The first kappa shape index (κ1) is 49.8. The predicted octanol–water partition coefficient (Wildman–Crippen LogP) is 17.9. The zero-order valence-electron chi connectivity index (χ0n) is 45.9. The lowest BCUT2D eigenvalue weighted by Crippen LogP contribution is -2.04. The first-order chi connectivity index (χ1) is 42.6. The minimum absolute atomic E-state index is 0.476. The third-order valence-electron chi connectivity index (χ3n) is 15.6. The van der Waals surface area contributed by atoms with Crippen molar-refractivity contribution < 1.29 is 4.42 Å². The molecule has 0 bridgehead atoms. The molecule has 0 N–H and O–H groups in total. The van der Waals surface area contributed by atoms with E-state index in [2.05, 4.69) is 83.4 Å². The quantitative estimate of drug-likeness (QED) is 0.123. The van der Waals surface area contributed by atoms with Gasteiger partial charge >= 0.3 is 0 Å². The van der Waals surface area contributed by atoms with Crippen LogP contribution in [0.1, 0.15) is 0 Å². The van der Waals surface area contributed by atoms with Crippen LogP contribution in [0.15, 0.2) is 283 Å². The minimum atomic E-state index is 0.476. The molecule has 16 rings (SSSR count). The van der Waals surface area contributed by atoms with E-state index in [9.17, 15) is 0 Å². The van der Waals surface area contributed by atoms with Gasteiger partial charge in [-0.25, -0.2) is 44.9 Å². The average Bonchev–Trinajstić information content (AvgIpc) is 1.84. The second-order valence-corrected chi connectivity index (χ2v) is 20.9. The summed E-state index contributed by atoms with van der Waals surface area (Å²) < 4.78 is 9.04. The maximum Gasteiger partial charge on any atom is 0.166 e. The molecule has 5 heterocycles. The Morgan fingerprint density at radius 3 is 0.965 bits per heavy atom. The molecule has 0 fully saturated rings. The third kappa shape index (κ3) is 9.09. The van der Waals surface area contributed by atoms with E-state index >= 15 is 0 Å². The Kier molecular flexibility index (Phi) is 12.2. The summed E-state index contributed by atoms with van der Waals surface area (Å²) in [4.78, 5) is 47.0. The number of aromatic nitrogens is 10. The van der Waals surface area contributed by atoms with Crippen LogP contribution in [0.5, 0.6) is 0 Å². The normalized spacial score (nSPS) is 11.5. The average molecular weight is 1100 g/mol. The number of fused-ring (bicyclic) bond motifs is 6. The molecular weight excluding hydrogens is 1060 g/mol. The Morgan fingerprint density at radius 1 is 0.221 bits per heavy atom. The van der Waals surface area contributed by atoms with Crippen molar-refractivity contribution in [3.8, 4) is 119 Å². The highest BCUT2D eigenvalue weighted by atomic mass is 16.3. The predicted molar refractivity (Wildman–Crippen MR) is 343 cm³/mol. The van der Waals surface area contributed by atoms with Crippen LogP contribution in [0.25, 0.3) is 163 Å². The summed E-state index contributed by atoms with van der Waals surface area (Å²) in [7, 11) is 0. The number of para-hydroxylation sites is 2. The summed E-state index contributed by atoms with van der Waals surface area (Å²) in [5.74, 6) is 4.86. The van der Waals surface area contributed by atoms with Crippen molar-refractivity contribution >= 4 is 43.7 Å². The second kappa shape index (κ2) is 21.1. The van der Waals surface area contributed by atoms with E-state index in [1.807, 2.05) is 200 Å². The highest BCUT2D eigenvalue weighted by Gasteiger charge is 2.24. The van der Waals surface area contributed by atoms with Crippen LogP contribution in [0.4, 0.5) is 0 Å². The van der Waals surface area contributed by atoms with E-state index in [-0.39, 0.29) is 0 Å². The zero-order chi connectivity index (χ0) is 56.9. The van der Waals surface area contributed by atoms with Crippen molar-refractivity contribution in [1.29, 1.82) is 0 Å². The number of hydrogen-bond acceptors (Lipinski definition) is 10. The smallest absolute Gasteiger partial charge is 0.166 e. The maximum atomic E-state index is 6.73. The van der Waals surface area contributed by atoms with Gasteiger partial charge in [0, 0.05) is 77.2 Å². The van der Waals surface area contributed by atoms with Crippen molar-refractivity contribution in [2.45, 2.75) is 0 Å². The largest absolute Gasteiger partial charge is 0.455 e. The molecule has 0 amide bonds. The van der Waals surface area contributed by atoms with E-state index < -0.39 is 0 Å². The van der Waals surface area contributed by atoms with Crippen LogP contribution in [-0.2, 0) is 0 Å². The molecule has 0 aliphatic carbocycles. The molecule has 11 aromatic carbocycles. The van der Waals surface area contributed by atoms with Gasteiger partial charge in [0.05, 0.1) is 16.7 Å². The van der Waals surface area contributed by atoms with Crippen molar-refractivity contribution in [1.82, 2.24) is 49.4 Å². The fraction of sp³-hybridized carbons (Fsp3) is 0. The van der Waals surface area contributed by atoms with Gasteiger partial charge in [-0.1, -0.05) is 249 Å². The molecule has 0 atom stereocenters. The summed E-state index contributed by atoms with van der Waals surface area (Å²) in [6.07, 6.45) is 0. The van der Waals surface area contributed by atoms with E-state index in [4.69, 9.17) is 49.3 Å². The van der Waals surface area contributed by atoms with Crippen LogP contribution in [0.2, 0.25) is 0 Å². The standard InChI is InChI=1S/C75H46N10O/c1-7-22-47(23-8-1)67-76-68(48-24-9-2-10-25-48)80-73(79-67)54-38-41-57-58-42-39-55(74-81-69(49-26-11-3-12-27-49)77-70(82-74)50-28-13-4-14-29-50)46-64(58)85(63(57)45-54)62-43-40-53(56-35-21-36-60-59-34-19-20-37-65(59)86-66(56)60)44-61(62)75-83-71(51-30-15-5-16-31-51)78-72(84-75)52-32-17-6-18-33-52/h1-46H. The lowest BCUT2D eigenvalue weighted by atomic mass is 9.98. The van der Waals surface area contributed by atoms with Gasteiger partial charge in [0.25, 0.3) is 0 Å². The molecule has 0 aliphatic heterocycles.